The Balaban J connectivity index is 2.26. The molecule has 17 heavy (non-hydrogen) atoms. The van der Waals surface area contributed by atoms with Crippen molar-refractivity contribution in [3.05, 3.63) is 41.1 Å². The van der Waals surface area contributed by atoms with Crippen LogP contribution >= 0.6 is 0 Å². The Labute approximate surface area is 100 Å². The number of benzene rings is 1. The van der Waals surface area contributed by atoms with E-state index in [4.69, 9.17) is 10.5 Å². The summed E-state index contributed by atoms with van der Waals surface area (Å²) in [6, 6.07) is 9.68. The largest absolute Gasteiger partial charge is 0.360 e. The van der Waals surface area contributed by atoms with Crippen LogP contribution in [0.25, 0.3) is 0 Å². The predicted molar refractivity (Wildman–Crippen MR) is 64.8 cm³/mol. The molecule has 0 amide bonds. The Bertz CT molecular complexity index is 515. The Kier molecular flexibility index (Phi) is 3.40. The maximum Gasteiger partial charge on any atom is 0.145 e. The minimum absolute atomic E-state index is 0.0801. The summed E-state index contributed by atoms with van der Waals surface area (Å²) in [5.41, 5.74) is 3.59. The summed E-state index contributed by atoms with van der Waals surface area (Å²) in [6.45, 7) is 1.83. The molecular formula is C13H12N4. The molecule has 0 fully saturated rings. The van der Waals surface area contributed by atoms with Crippen molar-refractivity contribution in [2.24, 2.45) is 0 Å². The number of fused-ring (bicyclic) bond motifs is 1. The molecule has 0 saturated heterocycles. The van der Waals surface area contributed by atoms with Gasteiger partial charge in [-0.15, -0.1) is 0 Å². The SMILES string of the molecule is N#CC(C#N)=CNc1cccc2c1CCNC2. The molecule has 2 N–H and O–H groups in total. The van der Waals surface area contributed by atoms with E-state index in [0.29, 0.717) is 0 Å². The summed E-state index contributed by atoms with van der Waals surface area (Å²) in [6.07, 6.45) is 2.42. The van der Waals surface area contributed by atoms with Crippen LogP contribution in [0.15, 0.2) is 30.0 Å². The van der Waals surface area contributed by atoms with E-state index >= 15 is 0 Å². The van der Waals surface area contributed by atoms with Crippen molar-refractivity contribution in [2.75, 3.05) is 11.9 Å². The lowest BCUT2D eigenvalue weighted by atomic mass is 9.99. The van der Waals surface area contributed by atoms with Gasteiger partial charge in [0.05, 0.1) is 0 Å². The van der Waals surface area contributed by atoms with Crippen LogP contribution in [0.5, 0.6) is 0 Å². The molecule has 0 radical (unpaired) electrons. The lowest BCUT2D eigenvalue weighted by molar-refractivity contribution is 0.645. The van der Waals surface area contributed by atoms with Crippen molar-refractivity contribution in [1.82, 2.24) is 5.32 Å². The van der Waals surface area contributed by atoms with Crippen LogP contribution in [0.3, 0.4) is 0 Å². The van der Waals surface area contributed by atoms with Crippen molar-refractivity contribution >= 4 is 5.69 Å². The Morgan fingerprint density at radius 1 is 1.35 bits per heavy atom. The second kappa shape index (κ2) is 5.16. The van der Waals surface area contributed by atoms with E-state index in [0.717, 1.165) is 25.2 Å². The van der Waals surface area contributed by atoms with Gasteiger partial charge in [-0.25, -0.2) is 0 Å². The average Bonchev–Trinajstić information content (AvgIpc) is 2.40. The molecule has 1 aliphatic heterocycles. The number of nitrogens with one attached hydrogen (secondary N) is 2. The van der Waals surface area contributed by atoms with Gasteiger partial charge in [0.1, 0.15) is 17.7 Å². The minimum Gasteiger partial charge on any atom is -0.360 e. The summed E-state index contributed by atoms with van der Waals surface area (Å²) >= 11 is 0. The first-order valence-corrected chi connectivity index (χ1v) is 5.43. The van der Waals surface area contributed by atoms with E-state index < -0.39 is 0 Å². The lowest BCUT2D eigenvalue weighted by Gasteiger charge is -2.20. The second-order valence-electron chi connectivity index (χ2n) is 3.80. The highest BCUT2D eigenvalue weighted by Gasteiger charge is 2.11. The van der Waals surface area contributed by atoms with Crippen LogP contribution in [-0.4, -0.2) is 6.54 Å². The fourth-order valence-electron chi connectivity index (χ4n) is 1.91. The molecule has 84 valence electrons. The smallest absolute Gasteiger partial charge is 0.145 e. The van der Waals surface area contributed by atoms with Gasteiger partial charge in [0, 0.05) is 18.4 Å². The quantitative estimate of drug-likeness (QED) is 0.750. The van der Waals surface area contributed by atoms with Crippen LogP contribution in [0.2, 0.25) is 0 Å². The number of nitrogens with zero attached hydrogens (tertiary/aromatic N) is 2. The Morgan fingerprint density at radius 3 is 2.94 bits per heavy atom. The van der Waals surface area contributed by atoms with E-state index in [1.807, 2.05) is 24.3 Å². The van der Waals surface area contributed by atoms with Gasteiger partial charge in [-0.05, 0) is 30.2 Å². The third kappa shape index (κ3) is 2.44. The maximum atomic E-state index is 8.65. The molecule has 0 aliphatic carbocycles. The van der Waals surface area contributed by atoms with E-state index in [2.05, 4.69) is 16.7 Å². The van der Waals surface area contributed by atoms with Gasteiger partial charge in [0.25, 0.3) is 0 Å². The molecule has 4 heteroatoms. The van der Waals surface area contributed by atoms with Crippen LogP contribution in [0, 0.1) is 22.7 Å². The third-order valence-corrected chi connectivity index (χ3v) is 2.75. The summed E-state index contributed by atoms with van der Waals surface area (Å²) in [7, 11) is 0. The van der Waals surface area contributed by atoms with Crippen LogP contribution in [-0.2, 0) is 13.0 Å². The van der Waals surface area contributed by atoms with Gasteiger partial charge in [0.2, 0.25) is 0 Å². The van der Waals surface area contributed by atoms with Crippen LogP contribution in [0.4, 0.5) is 5.69 Å². The molecular weight excluding hydrogens is 212 g/mol. The number of hydrogen-bond donors (Lipinski definition) is 2. The molecule has 0 unspecified atom stereocenters. The van der Waals surface area contributed by atoms with Crippen molar-refractivity contribution < 1.29 is 0 Å². The van der Waals surface area contributed by atoms with Gasteiger partial charge >= 0.3 is 0 Å². The van der Waals surface area contributed by atoms with Gasteiger partial charge in [0.15, 0.2) is 0 Å². The zero-order valence-electron chi connectivity index (χ0n) is 9.33. The zero-order chi connectivity index (χ0) is 12.1. The minimum atomic E-state index is 0.0801. The van der Waals surface area contributed by atoms with E-state index in [1.165, 1.54) is 17.3 Å². The monoisotopic (exact) mass is 224 g/mol. The summed E-state index contributed by atoms with van der Waals surface area (Å²) < 4.78 is 0. The number of anilines is 1. The molecule has 2 rings (SSSR count). The highest BCUT2D eigenvalue weighted by Crippen LogP contribution is 2.23. The van der Waals surface area contributed by atoms with E-state index in [9.17, 15) is 0 Å². The topological polar surface area (TPSA) is 71.6 Å². The van der Waals surface area contributed by atoms with Crippen molar-refractivity contribution in [1.29, 1.82) is 10.5 Å². The fourth-order valence-corrected chi connectivity index (χ4v) is 1.91. The predicted octanol–water partition coefficient (Wildman–Crippen LogP) is 1.68. The zero-order valence-corrected chi connectivity index (χ0v) is 9.33. The van der Waals surface area contributed by atoms with Gasteiger partial charge < -0.3 is 10.6 Å². The molecule has 0 aromatic heterocycles. The number of allylic oxidation sites excluding steroid dienone is 1. The normalized spacial score (nSPS) is 12.8. The van der Waals surface area contributed by atoms with Crippen LogP contribution in [0.1, 0.15) is 11.1 Å². The molecule has 0 spiro atoms. The van der Waals surface area contributed by atoms with Crippen molar-refractivity contribution in [3.8, 4) is 12.1 Å². The molecule has 0 atom stereocenters. The number of hydrogen-bond acceptors (Lipinski definition) is 4. The molecule has 1 aromatic carbocycles. The molecule has 0 saturated carbocycles. The van der Waals surface area contributed by atoms with Gasteiger partial charge in [-0.1, -0.05) is 12.1 Å². The number of rotatable bonds is 2. The molecule has 0 bridgehead atoms. The van der Waals surface area contributed by atoms with Crippen molar-refractivity contribution in [2.45, 2.75) is 13.0 Å². The van der Waals surface area contributed by atoms with Crippen LogP contribution < -0.4 is 10.6 Å². The molecule has 1 aromatic rings. The molecule has 1 heterocycles. The standard InChI is InChI=1S/C13H12N4/c14-6-10(7-15)8-17-13-3-1-2-11-9-16-5-4-12(11)13/h1-3,8,16-17H,4-5,9H2. The number of nitriles is 2. The third-order valence-electron chi connectivity index (χ3n) is 2.75. The summed E-state index contributed by atoms with van der Waals surface area (Å²) in [5, 5.41) is 23.7. The van der Waals surface area contributed by atoms with E-state index in [1.54, 1.807) is 0 Å². The maximum absolute atomic E-state index is 8.65. The van der Waals surface area contributed by atoms with E-state index in [-0.39, 0.29) is 5.57 Å². The molecule has 1 aliphatic rings. The first kappa shape index (κ1) is 11.2. The first-order valence-electron chi connectivity index (χ1n) is 5.43. The highest BCUT2D eigenvalue weighted by molar-refractivity contribution is 5.58. The molecule has 4 nitrogen and oxygen atoms in total. The second-order valence-corrected chi connectivity index (χ2v) is 3.80. The van der Waals surface area contributed by atoms with Gasteiger partial charge in [-0.2, -0.15) is 10.5 Å². The van der Waals surface area contributed by atoms with Gasteiger partial charge in [-0.3, -0.25) is 0 Å². The lowest BCUT2D eigenvalue weighted by Crippen LogP contribution is -2.24. The van der Waals surface area contributed by atoms with Crippen molar-refractivity contribution in [3.63, 3.8) is 0 Å². The Morgan fingerprint density at radius 2 is 2.18 bits per heavy atom. The summed E-state index contributed by atoms with van der Waals surface area (Å²) in [4.78, 5) is 0. The first-order chi connectivity index (χ1) is 8.35. The average molecular weight is 224 g/mol. The highest BCUT2D eigenvalue weighted by atomic mass is 14.9. The fraction of sp³-hybridized carbons (Fsp3) is 0.231. The Hall–Kier alpha value is -2.30. The summed E-state index contributed by atoms with van der Waals surface area (Å²) in [5.74, 6) is 0.